The average molecular weight is 280 g/mol. The zero-order valence-electron chi connectivity index (χ0n) is 12.5. The van der Waals surface area contributed by atoms with Crippen LogP contribution in [0.4, 0.5) is 0 Å². The van der Waals surface area contributed by atoms with Gasteiger partial charge in [0.1, 0.15) is 0 Å². The predicted molar refractivity (Wildman–Crippen MR) is 78.4 cm³/mol. The Kier molecular flexibility index (Phi) is 4.61. The van der Waals surface area contributed by atoms with Gasteiger partial charge in [-0.05, 0) is 44.4 Å². The van der Waals surface area contributed by atoms with E-state index >= 15 is 0 Å². The summed E-state index contributed by atoms with van der Waals surface area (Å²) < 4.78 is 0. The Bertz CT molecular complexity index is 337. The van der Waals surface area contributed by atoms with Crippen LogP contribution >= 0.6 is 0 Å². The van der Waals surface area contributed by atoms with Crippen molar-refractivity contribution in [3.8, 4) is 0 Å². The summed E-state index contributed by atoms with van der Waals surface area (Å²) in [4.78, 5) is 17.0. The second-order valence-electron chi connectivity index (χ2n) is 6.85. The fourth-order valence-electron chi connectivity index (χ4n) is 4.29. The topological polar surface area (TPSA) is 43.8 Å². The predicted octanol–water partition coefficient (Wildman–Crippen LogP) is 1.62. The zero-order valence-corrected chi connectivity index (χ0v) is 12.5. The molecule has 0 radical (unpaired) electrons. The molecule has 0 aromatic heterocycles. The molecule has 3 fully saturated rings. The van der Waals surface area contributed by atoms with Crippen molar-refractivity contribution in [3.05, 3.63) is 0 Å². The quantitative estimate of drug-likeness (QED) is 0.836. The smallest absolute Gasteiger partial charge is 0.237 e. The lowest BCUT2D eigenvalue weighted by Gasteiger charge is -2.45. The first-order valence-electron chi connectivity index (χ1n) is 8.44. The number of amides is 1. The summed E-state index contributed by atoms with van der Waals surface area (Å²) in [6.07, 6.45) is 9.18. The lowest BCUT2D eigenvalue weighted by atomic mass is 9.78. The first-order chi connectivity index (χ1) is 9.74. The lowest BCUT2D eigenvalue weighted by molar-refractivity contribution is -0.139. The van der Waals surface area contributed by atoms with Crippen LogP contribution in [0.15, 0.2) is 0 Å². The first kappa shape index (κ1) is 14.3. The number of hydrogen-bond donors (Lipinski definition) is 1. The Morgan fingerprint density at radius 3 is 2.45 bits per heavy atom. The van der Waals surface area contributed by atoms with Crippen LogP contribution in [-0.4, -0.2) is 59.1 Å². The molecule has 2 heterocycles. The van der Waals surface area contributed by atoms with Crippen LogP contribution in [0.25, 0.3) is 0 Å². The molecule has 0 spiro atoms. The monoisotopic (exact) mass is 280 g/mol. The number of hydrogen-bond acceptors (Lipinski definition) is 3. The molecule has 1 aliphatic carbocycles. The lowest BCUT2D eigenvalue weighted by Crippen LogP contribution is -2.53. The van der Waals surface area contributed by atoms with Gasteiger partial charge in [0.25, 0.3) is 0 Å². The van der Waals surface area contributed by atoms with Crippen molar-refractivity contribution in [3.63, 3.8) is 0 Å². The van der Waals surface area contributed by atoms with Gasteiger partial charge in [0.2, 0.25) is 5.91 Å². The van der Waals surface area contributed by atoms with Gasteiger partial charge < -0.3 is 10.0 Å². The van der Waals surface area contributed by atoms with E-state index in [2.05, 4.69) is 9.80 Å². The largest absolute Gasteiger partial charge is 0.393 e. The van der Waals surface area contributed by atoms with Gasteiger partial charge >= 0.3 is 0 Å². The molecule has 1 amide bonds. The van der Waals surface area contributed by atoms with Gasteiger partial charge in [0.15, 0.2) is 0 Å². The highest BCUT2D eigenvalue weighted by Gasteiger charge is 2.36. The fourth-order valence-corrected chi connectivity index (χ4v) is 4.29. The first-order valence-corrected chi connectivity index (χ1v) is 8.44. The van der Waals surface area contributed by atoms with Crippen molar-refractivity contribution >= 4 is 5.91 Å². The van der Waals surface area contributed by atoms with E-state index in [9.17, 15) is 9.90 Å². The van der Waals surface area contributed by atoms with Gasteiger partial charge in [-0.25, -0.2) is 0 Å². The zero-order chi connectivity index (χ0) is 13.9. The highest BCUT2D eigenvalue weighted by molar-refractivity contribution is 5.78. The molecule has 114 valence electrons. The van der Waals surface area contributed by atoms with Gasteiger partial charge in [-0.15, -0.1) is 0 Å². The molecule has 3 aliphatic rings. The standard InChI is InChI=1S/C16H28N2O2/c19-14-7-10-17(11-8-14)12-16(20)18-9-3-5-13-4-1-2-6-15(13)18/h13-15,19H,1-12H2. The molecule has 2 unspecified atom stereocenters. The molecule has 0 bridgehead atoms. The van der Waals surface area contributed by atoms with Gasteiger partial charge in [0, 0.05) is 25.7 Å². The van der Waals surface area contributed by atoms with Gasteiger partial charge in [-0.1, -0.05) is 12.8 Å². The Balaban J connectivity index is 1.55. The molecule has 4 nitrogen and oxygen atoms in total. The molecule has 0 aromatic carbocycles. The maximum atomic E-state index is 12.6. The summed E-state index contributed by atoms with van der Waals surface area (Å²) >= 11 is 0. The summed E-state index contributed by atoms with van der Waals surface area (Å²) in [6, 6.07) is 0.528. The summed E-state index contributed by atoms with van der Waals surface area (Å²) in [5.41, 5.74) is 0. The number of carbonyl (C=O) groups is 1. The molecule has 0 aromatic rings. The van der Waals surface area contributed by atoms with Crippen LogP contribution in [0.3, 0.4) is 0 Å². The maximum absolute atomic E-state index is 12.6. The van der Waals surface area contributed by atoms with Crippen molar-refractivity contribution in [1.29, 1.82) is 0 Å². The minimum atomic E-state index is -0.154. The van der Waals surface area contributed by atoms with E-state index in [-0.39, 0.29) is 6.10 Å². The molecule has 2 aliphatic heterocycles. The molecule has 3 rings (SSSR count). The Hall–Kier alpha value is -0.610. The summed E-state index contributed by atoms with van der Waals surface area (Å²) in [6.45, 7) is 3.27. The highest BCUT2D eigenvalue weighted by Crippen LogP contribution is 2.35. The third-order valence-electron chi connectivity index (χ3n) is 5.48. The van der Waals surface area contributed by atoms with E-state index in [0.29, 0.717) is 18.5 Å². The van der Waals surface area contributed by atoms with E-state index in [0.717, 1.165) is 38.4 Å². The number of rotatable bonds is 2. The molecule has 2 saturated heterocycles. The highest BCUT2D eigenvalue weighted by atomic mass is 16.3. The van der Waals surface area contributed by atoms with Crippen molar-refractivity contribution in [2.45, 2.75) is 63.5 Å². The minimum Gasteiger partial charge on any atom is -0.393 e. The number of aliphatic hydroxyl groups excluding tert-OH is 1. The molecular formula is C16H28N2O2. The van der Waals surface area contributed by atoms with Crippen molar-refractivity contribution < 1.29 is 9.90 Å². The average Bonchev–Trinajstić information content (AvgIpc) is 2.49. The van der Waals surface area contributed by atoms with Crippen LogP contribution in [0, 0.1) is 5.92 Å². The Labute approximate surface area is 122 Å². The van der Waals surface area contributed by atoms with Crippen LogP contribution < -0.4 is 0 Å². The summed E-state index contributed by atoms with van der Waals surface area (Å²) in [7, 11) is 0. The van der Waals surface area contributed by atoms with E-state index in [1.807, 2.05) is 0 Å². The SMILES string of the molecule is O=C(CN1CCC(O)CC1)N1CCCC2CCCCC21. The summed E-state index contributed by atoms with van der Waals surface area (Å²) in [5.74, 6) is 1.10. The van der Waals surface area contributed by atoms with E-state index in [1.54, 1.807) is 0 Å². The van der Waals surface area contributed by atoms with Crippen LogP contribution in [0.2, 0.25) is 0 Å². The van der Waals surface area contributed by atoms with Crippen LogP contribution in [0.1, 0.15) is 51.4 Å². The van der Waals surface area contributed by atoms with E-state index in [4.69, 9.17) is 0 Å². The number of likely N-dealkylation sites (tertiary alicyclic amines) is 2. The van der Waals surface area contributed by atoms with Crippen LogP contribution in [-0.2, 0) is 4.79 Å². The molecule has 4 heteroatoms. The van der Waals surface area contributed by atoms with Crippen molar-refractivity contribution in [2.75, 3.05) is 26.2 Å². The molecular weight excluding hydrogens is 252 g/mol. The number of carbonyl (C=O) groups excluding carboxylic acids is 1. The molecule has 2 atom stereocenters. The third kappa shape index (κ3) is 3.17. The number of piperidine rings is 2. The van der Waals surface area contributed by atoms with Crippen molar-refractivity contribution in [2.24, 2.45) is 5.92 Å². The van der Waals surface area contributed by atoms with E-state index < -0.39 is 0 Å². The summed E-state index contributed by atoms with van der Waals surface area (Å²) in [5, 5.41) is 9.54. The minimum absolute atomic E-state index is 0.154. The van der Waals surface area contributed by atoms with E-state index in [1.165, 1.54) is 38.5 Å². The number of aliphatic hydroxyl groups is 1. The second-order valence-corrected chi connectivity index (χ2v) is 6.85. The van der Waals surface area contributed by atoms with Gasteiger partial charge in [-0.3, -0.25) is 9.69 Å². The molecule has 1 saturated carbocycles. The third-order valence-corrected chi connectivity index (χ3v) is 5.48. The molecule has 1 N–H and O–H groups in total. The van der Waals surface area contributed by atoms with Crippen LogP contribution in [0.5, 0.6) is 0 Å². The Morgan fingerprint density at radius 1 is 0.950 bits per heavy atom. The second kappa shape index (κ2) is 6.44. The number of fused-ring (bicyclic) bond motifs is 1. The fraction of sp³-hybridized carbons (Fsp3) is 0.938. The maximum Gasteiger partial charge on any atom is 0.237 e. The van der Waals surface area contributed by atoms with Crippen molar-refractivity contribution in [1.82, 2.24) is 9.80 Å². The molecule has 20 heavy (non-hydrogen) atoms. The van der Waals surface area contributed by atoms with Gasteiger partial charge in [0.05, 0.1) is 12.6 Å². The normalized spacial score (nSPS) is 33.0. The Morgan fingerprint density at radius 2 is 1.65 bits per heavy atom. The van der Waals surface area contributed by atoms with Gasteiger partial charge in [-0.2, -0.15) is 0 Å². The number of nitrogens with zero attached hydrogens (tertiary/aromatic N) is 2.